The number of rotatable bonds is 6. The van der Waals surface area contributed by atoms with E-state index in [4.69, 9.17) is 18.9 Å². The number of fused-ring (bicyclic) bond motifs is 1. The molecule has 4 rings (SSSR count). The highest BCUT2D eigenvalue weighted by molar-refractivity contribution is 5.44. The number of methoxy groups -OCH3 is 2. The van der Waals surface area contributed by atoms with Crippen molar-refractivity contribution in [3.8, 4) is 23.0 Å². The lowest BCUT2D eigenvalue weighted by atomic mass is 9.93. The topological polar surface area (TPSA) is 43.4 Å². The Hall–Kier alpha value is -2.44. The normalized spacial score (nSPS) is 21.9. The molecule has 6 heteroatoms. The predicted molar refractivity (Wildman–Crippen MR) is 126 cm³/mol. The van der Waals surface area contributed by atoms with Gasteiger partial charge >= 0.3 is 0 Å². The summed E-state index contributed by atoms with van der Waals surface area (Å²) in [5.74, 6) is 3.43. The van der Waals surface area contributed by atoms with Crippen LogP contribution in [0.5, 0.6) is 23.0 Å². The van der Waals surface area contributed by atoms with E-state index in [2.05, 4.69) is 41.1 Å². The first kappa shape index (κ1) is 22.7. The van der Waals surface area contributed by atoms with Crippen LogP contribution < -0.4 is 18.9 Å². The molecule has 1 fully saturated rings. The third-order valence-electron chi connectivity index (χ3n) is 6.56. The minimum atomic E-state index is -0.181. The van der Waals surface area contributed by atoms with Gasteiger partial charge in [0.05, 0.1) is 20.8 Å². The van der Waals surface area contributed by atoms with Crippen molar-refractivity contribution in [2.75, 3.05) is 47.5 Å². The highest BCUT2D eigenvalue weighted by atomic mass is 16.5. The van der Waals surface area contributed by atoms with Crippen LogP contribution in [0.25, 0.3) is 0 Å². The lowest BCUT2D eigenvalue weighted by molar-refractivity contribution is 0.0221. The molecular formula is C26H36N2O4. The molecule has 0 aromatic heterocycles. The van der Waals surface area contributed by atoms with Gasteiger partial charge in [-0.15, -0.1) is 0 Å². The molecule has 6 nitrogen and oxygen atoms in total. The lowest BCUT2D eigenvalue weighted by Gasteiger charge is -2.35. The van der Waals surface area contributed by atoms with Gasteiger partial charge in [0.1, 0.15) is 17.1 Å². The number of hydrogen-bond acceptors (Lipinski definition) is 6. The molecule has 1 atom stereocenters. The summed E-state index contributed by atoms with van der Waals surface area (Å²) >= 11 is 0. The van der Waals surface area contributed by atoms with E-state index in [1.807, 2.05) is 19.1 Å². The van der Waals surface area contributed by atoms with Crippen LogP contribution in [0.1, 0.15) is 37.3 Å². The van der Waals surface area contributed by atoms with E-state index in [0.29, 0.717) is 6.61 Å². The minimum absolute atomic E-state index is 0.181. The first-order chi connectivity index (χ1) is 15.5. The van der Waals surface area contributed by atoms with E-state index in [1.165, 1.54) is 11.1 Å². The molecule has 0 N–H and O–H groups in total. The Kier molecular flexibility index (Phi) is 7.11. The minimum Gasteiger partial charge on any atom is -0.497 e. The van der Waals surface area contributed by atoms with Crippen molar-refractivity contribution < 1.29 is 18.9 Å². The van der Waals surface area contributed by atoms with Gasteiger partial charge in [0.2, 0.25) is 0 Å². The summed E-state index contributed by atoms with van der Waals surface area (Å²) in [6.07, 6.45) is 3.23. The maximum absolute atomic E-state index is 6.81. The molecule has 0 saturated carbocycles. The van der Waals surface area contributed by atoms with Crippen LogP contribution in [0.15, 0.2) is 36.4 Å². The van der Waals surface area contributed by atoms with Gasteiger partial charge < -0.3 is 23.8 Å². The summed E-state index contributed by atoms with van der Waals surface area (Å²) in [6.45, 7) is 7.32. The third kappa shape index (κ3) is 5.13. The molecule has 1 saturated heterocycles. The van der Waals surface area contributed by atoms with Gasteiger partial charge in [0, 0.05) is 38.2 Å². The summed E-state index contributed by atoms with van der Waals surface area (Å²) in [4.78, 5) is 4.92. The maximum atomic E-state index is 6.81. The largest absolute Gasteiger partial charge is 0.497 e. The van der Waals surface area contributed by atoms with Gasteiger partial charge in [-0.3, -0.25) is 4.90 Å². The highest BCUT2D eigenvalue weighted by Crippen LogP contribution is 2.38. The fourth-order valence-corrected chi connectivity index (χ4v) is 4.90. The molecule has 32 heavy (non-hydrogen) atoms. The van der Waals surface area contributed by atoms with Crippen molar-refractivity contribution in [2.45, 2.75) is 44.9 Å². The van der Waals surface area contributed by atoms with Crippen LogP contribution in [0.2, 0.25) is 0 Å². The quantitative estimate of drug-likeness (QED) is 0.665. The second-order valence-corrected chi connectivity index (χ2v) is 8.98. The van der Waals surface area contributed by atoms with Gasteiger partial charge in [-0.05, 0) is 69.3 Å². The molecule has 2 aliphatic heterocycles. The maximum Gasteiger partial charge on any atom is 0.161 e. The van der Waals surface area contributed by atoms with Crippen molar-refractivity contribution in [3.05, 3.63) is 47.5 Å². The molecule has 1 spiro atoms. The number of nitrogens with zero attached hydrogens (tertiary/aromatic N) is 2. The number of ether oxygens (including phenoxy) is 4. The van der Waals surface area contributed by atoms with Crippen LogP contribution >= 0.6 is 0 Å². The van der Waals surface area contributed by atoms with E-state index in [1.54, 1.807) is 14.2 Å². The molecule has 0 amide bonds. The number of benzene rings is 2. The van der Waals surface area contributed by atoms with E-state index < -0.39 is 0 Å². The third-order valence-corrected chi connectivity index (χ3v) is 6.56. The van der Waals surface area contributed by atoms with E-state index >= 15 is 0 Å². The molecule has 2 aliphatic rings. The lowest BCUT2D eigenvalue weighted by Crippen LogP contribution is -2.46. The van der Waals surface area contributed by atoms with Crippen molar-refractivity contribution in [1.82, 2.24) is 9.80 Å². The van der Waals surface area contributed by atoms with Crippen LogP contribution in [-0.2, 0) is 13.1 Å². The van der Waals surface area contributed by atoms with Gasteiger partial charge in [0.25, 0.3) is 0 Å². The highest BCUT2D eigenvalue weighted by Gasteiger charge is 2.39. The van der Waals surface area contributed by atoms with Crippen molar-refractivity contribution >= 4 is 0 Å². The van der Waals surface area contributed by atoms with Crippen LogP contribution in [0.3, 0.4) is 0 Å². The fourth-order valence-electron chi connectivity index (χ4n) is 4.90. The monoisotopic (exact) mass is 440 g/mol. The van der Waals surface area contributed by atoms with E-state index in [0.717, 1.165) is 75.0 Å². The first-order valence-electron chi connectivity index (χ1n) is 11.6. The van der Waals surface area contributed by atoms with E-state index in [9.17, 15) is 0 Å². The van der Waals surface area contributed by atoms with Gasteiger partial charge in [0.15, 0.2) is 11.5 Å². The van der Waals surface area contributed by atoms with E-state index in [-0.39, 0.29) is 5.60 Å². The zero-order chi connectivity index (χ0) is 22.6. The van der Waals surface area contributed by atoms with Crippen LogP contribution in [-0.4, -0.2) is 62.9 Å². The van der Waals surface area contributed by atoms with Crippen molar-refractivity contribution in [2.24, 2.45) is 0 Å². The molecule has 174 valence electrons. The zero-order valence-electron chi connectivity index (χ0n) is 19.9. The molecule has 1 unspecified atom stereocenters. The van der Waals surface area contributed by atoms with Gasteiger partial charge in [-0.1, -0.05) is 6.07 Å². The second kappa shape index (κ2) is 10.0. The first-order valence-corrected chi connectivity index (χ1v) is 11.6. The van der Waals surface area contributed by atoms with Crippen LogP contribution in [0, 0.1) is 0 Å². The van der Waals surface area contributed by atoms with Crippen LogP contribution in [0.4, 0.5) is 0 Å². The Morgan fingerprint density at radius 2 is 1.88 bits per heavy atom. The molecule has 2 aromatic rings. The Morgan fingerprint density at radius 1 is 1.00 bits per heavy atom. The van der Waals surface area contributed by atoms with Gasteiger partial charge in [-0.25, -0.2) is 0 Å². The molecular weight excluding hydrogens is 404 g/mol. The smallest absolute Gasteiger partial charge is 0.161 e. The standard InChI is InChI=1S/C26H36N2O4/c1-5-31-25-15-20(7-9-24(25)30-4)17-28-18-21-16-22(29-3)8-10-23(21)32-26(19-28)11-6-13-27(2)14-12-26/h7-10,15-16H,5-6,11-14,17-19H2,1-4H3. The summed E-state index contributed by atoms with van der Waals surface area (Å²) < 4.78 is 23.6. The zero-order valence-corrected chi connectivity index (χ0v) is 19.9. The Morgan fingerprint density at radius 3 is 2.66 bits per heavy atom. The molecule has 0 aliphatic carbocycles. The molecule has 0 bridgehead atoms. The molecule has 0 radical (unpaired) electrons. The summed E-state index contributed by atoms with van der Waals surface area (Å²) in [5, 5.41) is 0. The predicted octanol–water partition coefficient (Wildman–Crippen LogP) is 4.35. The molecule has 2 aromatic carbocycles. The van der Waals surface area contributed by atoms with Crippen molar-refractivity contribution in [1.29, 1.82) is 0 Å². The number of likely N-dealkylation sites (tertiary alicyclic amines) is 1. The summed E-state index contributed by atoms with van der Waals surface area (Å²) in [6, 6.07) is 12.4. The van der Waals surface area contributed by atoms with Gasteiger partial charge in [-0.2, -0.15) is 0 Å². The Balaban J connectivity index is 1.65. The average Bonchev–Trinajstić information content (AvgIpc) is 3.06. The summed E-state index contributed by atoms with van der Waals surface area (Å²) in [5.41, 5.74) is 2.21. The second-order valence-electron chi connectivity index (χ2n) is 8.98. The summed E-state index contributed by atoms with van der Waals surface area (Å²) in [7, 11) is 5.60. The average molecular weight is 441 g/mol. The Labute approximate surface area is 192 Å². The van der Waals surface area contributed by atoms with Crippen molar-refractivity contribution in [3.63, 3.8) is 0 Å². The Bertz CT molecular complexity index is 919. The molecule has 2 heterocycles. The fraction of sp³-hybridized carbons (Fsp3) is 0.538. The SMILES string of the molecule is CCOc1cc(CN2Cc3cc(OC)ccc3OC3(CCCN(C)CC3)C2)ccc1OC. The number of hydrogen-bond donors (Lipinski definition) is 0.